The van der Waals surface area contributed by atoms with E-state index in [1.54, 1.807) is 4.68 Å². The fourth-order valence-corrected chi connectivity index (χ4v) is 2.17. The SMILES string of the molecule is CCc1nn(Cc2ccn(C)n2)c(CC)c1C=O. The van der Waals surface area contributed by atoms with Crippen molar-refractivity contribution in [3.63, 3.8) is 0 Å². The Morgan fingerprint density at radius 3 is 2.56 bits per heavy atom. The van der Waals surface area contributed by atoms with Crippen molar-refractivity contribution in [3.8, 4) is 0 Å². The van der Waals surface area contributed by atoms with Crippen LogP contribution < -0.4 is 0 Å². The van der Waals surface area contributed by atoms with Crippen molar-refractivity contribution in [2.24, 2.45) is 7.05 Å². The van der Waals surface area contributed by atoms with Crippen LogP contribution in [0.25, 0.3) is 0 Å². The molecule has 5 nitrogen and oxygen atoms in total. The molecule has 2 aromatic heterocycles. The predicted molar refractivity (Wildman–Crippen MR) is 68.7 cm³/mol. The molecule has 18 heavy (non-hydrogen) atoms. The van der Waals surface area contributed by atoms with E-state index in [1.165, 1.54) is 0 Å². The lowest BCUT2D eigenvalue weighted by Crippen LogP contribution is -2.07. The van der Waals surface area contributed by atoms with Gasteiger partial charge in [-0.2, -0.15) is 10.2 Å². The summed E-state index contributed by atoms with van der Waals surface area (Å²) in [6.07, 6.45) is 4.40. The second kappa shape index (κ2) is 5.16. The highest BCUT2D eigenvalue weighted by Gasteiger charge is 2.15. The van der Waals surface area contributed by atoms with Crippen molar-refractivity contribution in [2.45, 2.75) is 33.2 Å². The molecular formula is C13H18N4O. The van der Waals surface area contributed by atoms with E-state index in [0.717, 1.165) is 41.8 Å². The van der Waals surface area contributed by atoms with Gasteiger partial charge in [-0.15, -0.1) is 0 Å². The first-order chi connectivity index (χ1) is 8.69. The largest absolute Gasteiger partial charge is 0.298 e. The van der Waals surface area contributed by atoms with Crippen LogP contribution in [-0.2, 0) is 26.4 Å². The van der Waals surface area contributed by atoms with Gasteiger partial charge in [-0.25, -0.2) is 0 Å². The molecule has 0 N–H and O–H groups in total. The number of nitrogens with zero attached hydrogens (tertiary/aromatic N) is 4. The zero-order valence-electron chi connectivity index (χ0n) is 11.1. The highest BCUT2D eigenvalue weighted by Crippen LogP contribution is 2.15. The van der Waals surface area contributed by atoms with E-state index in [0.29, 0.717) is 6.54 Å². The number of carbonyl (C=O) groups excluding carboxylic acids is 1. The molecule has 0 fully saturated rings. The van der Waals surface area contributed by atoms with Gasteiger partial charge in [0, 0.05) is 18.9 Å². The molecule has 0 bridgehead atoms. The van der Waals surface area contributed by atoms with Crippen LogP contribution in [0.5, 0.6) is 0 Å². The van der Waals surface area contributed by atoms with Crippen LogP contribution in [-0.4, -0.2) is 25.8 Å². The summed E-state index contributed by atoms with van der Waals surface area (Å²) in [5.74, 6) is 0. The highest BCUT2D eigenvalue weighted by molar-refractivity contribution is 5.78. The Morgan fingerprint density at radius 1 is 1.28 bits per heavy atom. The van der Waals surface area contributed by atoms with Gasteiger partial charge in [-0.1, -0.05) is 13.8 Å². The van der Waals surface area contributed by atoms with Crippen LogP contribution in [0.2, 0.25) is 0 Å². The summed E-state index contributed by atoms with van der Waals surface area (Å²) in [4.78, 5) is 11.2. The molecule has 0 saturated carbocycles. The number of aldehydes is 1. The van der Waals surface area contributed by atoms with Crippen molar-refractivity contribution in [1.82, 2.24) is 19.6 Å². The van der Waals surface area contributed by atoms with E-state index in [-0.39, 0.29) is 0 Å². The van der Waals surface area contributed by atoms with Gasteiger partial charge in [0.2, 0.25) is 0 Å². The third-order valence-electron chi connectivity index (χ3n) is 3.04. The first kappa shape index (κ1) is 12.5. The van der Waals surface area contributed by atoms with E-state index in [4.69, 9.17) is 0 Å². The van der Waals surface area contributed by atoms with Gasteiger partial charge in [0.25, 0.3) is 0 Å². The fraction of sp³-hybridized carbons (Fsp3) is 0.462. The number of hydrogen-bond acceptors (Lipinski definition) is 3. The zero-order valence-corrected chi connectivity index (χ0v) is 11.1. The van der Waals surface area contributed by atoms with E-state index >= 15 is 0 Å². The molecule has 0 aliphatic heterocycles. The zero-order chi connectivity index (χ0) is 13.1. The number of aromatic nitrogens is 4. The lowest BCUT2D eigenvalue weighted by atomic mass is 10.1. The first-order valence-electron chi connectivity index (χ1n) is 6.21. The summed E-state index contributed by atoms with van der Waals surface area (Å²) in [5.41, 5.74) is 3.57. The molecule has 0 saturated heterocycles. The molecule has 0 aromatic carbocycles. The van der Waals surface area contributed by atoms with Gasteiger partial charge >= 0.3 is 0 Å². The monoisotopic (exact) mass is 246 g/mol. The van der Waals surface area contributed by atoms with Crippen LogP contribution in [0.3, 0.4) is 0 Å². The highest BCUT2D eigenvalue weighted by atomic mass is 16.1. The smallest absolute Gasteiger partial charge is 0.153 e. The average Bonchev–Trinajstić information content (AvgIpc) is 2.92. The molecule has 2 heterocycles. The lowest BCUT2D eigenvalue weighted by Gasteiger charge is -2.03. The molecule has 96 valence electrons. The Kier molecular flexibility index (Phi) is 3.60. The van der Waals surface area contributed by atoms with E-state index in [2.05, 4.69) is 10.2 Å². The molecule has 0 aliphatic carbocycles. The van der Waals surface area contributed by atoms with Crippen LogP contribution in [0, 0.1) is 0 Å². The Bertz CT molecular complexity index is 553. The summed E-state index contributed by atoms with van der Waals surface area (Å²) < 4.78 is 3.66. The molecule has 2 rings (SSSR count). The van der Waals surface area contributed by atoms with Crippen molar-refractivity contribution >= 4 is 6.29 Å². The molecule has 5 heteroatoms. The molecule has 0 unspecified atom stereocenters. The molecule has 0 aliphatic rings. The first-order valence-corrected chi connectivity index (χ1v) is 6.21. The van der Waals surface area contributed by atoms with Gasteiger partial charge in [0.1, 0.15) is 0 Å². The van der Waals surface area contributed by atoms with E-state index in [9.17, 15) is 4.79 Å². The maximum absolute atomic E-state index is 11.2. The Balaban J connectivity index is 2.37. The Labute approximate surface area is 106 Å². The fourth-order valence-electron chi connectivity index (χ4n) is 2.17. The summed E-state index contributed by atoms with van der Waals surface area (Å²) >= 11 is 0. The second-order valence-corrected chi connectivity index (χ2v) is 4.27. The summed E-state index contributed by atoms with van der Waals surface area (Å²) in [5, 5.41) is 8.85. The number of rotatable bonds is 5. The van der Waals surface area contributed by atoms with Crippen molar-refractivity contribution < 1.29 is 4.79 Å². The predicted octanol–water partition coefficient (Wildman–Crippen LogP) is 1.60. The number of hydrogen-bond donors (Lipinski definition) is 0. The summed E-state index contributed by atoms with van der Waals surface area (Å²) in [6.45, 7) is 4.67. The molecule has 0 spiro atoms. The normalized spacial score (nSPS) is 10.8. The maximum atomic E-state index is 11.2. The lowest BCUT2D eigenvalue weighted by molar-refractivity contribution is 0.112. The van der Waals surface area contributed by atoms with Crippen molar-refractivity contribution in [2.75, 3.05) is 0 Å². The minimum absolute atomic E-state index is 0.616. The third-order valence-corrected chi connectivity index (χ3v) is 3.04. The molecule has 2 aromatic rings. The summed E-state index contributed by atoms with van der Waals surface area (Å²) in [7, 11) is 1.89. The van der Waals surface area contributed by atoms with Gasteiger partial charge in [-0.05, 0) is 18.9 Å². The Hall–Kier alpha value is -1.91. The minimum atomic E-state index is 0.616. The molecular weight excluding hydrogens is 228 g/mol. The topological polar surface area (TPSA) is 52.7 Å². The van der Waals surface area contributed by atoms with Crippen molar-refractivity contribution in [1.29, 1.82) is 0 Å². The third kappa shape index (κ3) is 2.20. The van der Waals surface area contributed by atoms with Crippen molar-refractivity contribution in [3.05, 3.63) is 34.9 Å². The molecule has 0 radical (unpaired) electrons. The van der Waals surface area contributed by atoms with E-state index in [1.807, 2.05) is 37.8 Å². The van der Waals surface area contributed by atoms with Crippen LogP contribution in [0.1, 0.15) is 41.3 Å². The van der Waals surface area contributed by atoms with Gasteiger partial charge < -0.3 is 0 Å². The van der Waals surface area contributed by atoms with Gasteiger partial charge in [0.05, 0.1) is 23.5 Å². The van der Waals surface area contributed by atoms with Crippen LogP contribution in [0.15, 0.2) is 12.3 Å². The van der Waals surface area contributed by atoms with Gasteiger partial charge in [-0.3, -0.25) is 14.2 Å². The van der Waals surface area contributed by atoms with Crippen LogP contribution in [0.4, 0.5) is 0 Å². The average molecular weight is 246 g/mol. The van der Waals surface area contributed by atoms with Crippen LogP contribution >= 0.6 is 0 Å². The molecule has 0 amide bonds. The maximum Gasteiger partial charge on any atom is 0.153 e. The minimum Gasteiger partial charge on any atom is -0.298 e. The quantitative estimate of drug-likeness (QED) is 0.753. The summed E-state index contributed by atoms with van der Waals surface area (Å²) in [6, 6.07) is 1.97. The molecule has 0 atom stereocenters. The standard InChI is InChI=1S/C13H18N4O/c1-4-12-11(9-18)13(5-2)17(15-12)8-10-6-7-16(3)14-10/h6-7,9H,4-5,8H2,1-3H3. The van der Waals surface area contributed by atoms with E-state index < -0.39 is 0 Å². The number of carbonyl (C=O) groups is 1. The second-order valence-electron chi connectivity index (χ2n) is 4.27. The number of aryl methyl sites for hydroxylation is 2. The van der Waals surface area contributed by atoms with Gasteiger partial charge in [0.15, 0.2) is 6.29 Å². The Morgan fingerprint density at radius 2 is 2.06 bits per heavy atom.